The van der Waals surface area contributed by atoms with Crippen molar-refractivity contribution in [2.45, 2.75) is 6.92 Å². The van der Waals surface area contributed by atoms with Crippen molar-refractivity contribution in [3.05, 3.63) is 41.7 Å². The Bertz CT molecular complexity index is 517. The molecule has 0 unspecified atom stereocenters. The lowest BCUT2D eigenvalue weighted by molar-refractivity contribution is 0.112. The van der Waals surface area contributed by atoms with Gasteiger partial charge in [0.1, 0.15) is 6.29 Å². The van der Waals surface area contributed by atoms with Gasteiger partial charge in [-0.05, 0) is 30.7 Å². The van der Waals surface area contributed by atoms with Gasteiger partial charge >= 0.3 is 0 Å². The van der Waals surface area contributed by atoms with Crippen molar-refractivity contribution in [3.63, 3.8) is 0 Å². The van der Waals surface area contributed by atoms with Crippen LogP contribution >= 0.6 is 0 Å². The smallest absolute Gasteiger partial charge is 0.157 e. The third-order valence-corrected chi connectivity index (χ3v) is 2.40. The molecule has 4 nitrogen and oxygen atoms in total. The van der Waals surface area contributed by atoms with E-state index in [9.17, 15) is 4.79 Å². The van der Waals surface area contributed by atoms with Crippen molar-refractivity contribution in [1.82, 2.24) is 9.78 Å². The highest BCUT2D eigenvalue weighted by Crippen LogP contribution is 2.17. The quantitative estimate of drug-likeness (QED) is 0.737. The molecule has 0 N–H and O–H groups in total. The molecule has 82 valence electrons. The van der Waals surface area contributed by atoms with Gasteiger partial charge in [-0.3, -0.25) is 4.79 Å². The zero-order valence-corrected chi connectivity index (χ0v) is 9.18. The number of ether oxygens (including phenoxy) is 1. The minimum absolute atomic E-state index is 0.667. The van der Waals surface area contributed by atoms with Crippen LogP contribution in [0.4, 0.5) is 0 Å². The van der Waals surface area contributed by atoms with Crippen LogP contribution in [0, 0.1) is 6.92 Å². The Morgan fingerprint density at radius 3 is 2.81 bits per heavy atom. The molecule has 0 aliphatic rings. The Labute approximate surface area is 93.5 Å². The zero-order chi connectivity index (χ0) is 11.5. The largest absolute Gasteiger partial charge is 0.493 e. The lowest BCUT2D eigenvalue weighted by Gasteiger charge is -2.05. The molecule has 0 atom stereocenters. The molecule has 0 radical (unpaired) electrons. The first-order valence-electron chi connectivity index (χ1n) is 4.89. The van der Waals surface area contributed by atoms with Crippen molar-refractivity contribution in [3.8, 4) is 11.4 Å². The van der Waals surface area contributed by atoms with Crippen LogP contribution in [0.15, 0.2) is 30.6 Å². The average molecular weight is 216 g/mol. The van der Waals surface area contributed by atoms with Gasteiger partial charge < -0.3 is 4.74 Å². The molecule has 0 fully saturated rings. The maximum absolute atomic E-state index is 10.6. The molecule has 0 aliphatic heterocycles. The van der Waals surface area contributed by atoms with Crippen LogP contribution in [-0.2, 0) is 0 Å². The van der Waals surface area contributed by atoms with E-state index in [-0.39, 0.29) is 0 Å². The first-order valence-corrected chi connectivity index (χ1v) is 4.89. The van der Waals surface area contributed by atoms with Gasteiger partial charge in [-0.25, -0.2) is 4.68 Å². The second kappa shape index (κ2) is 4.18. The lowest BCUT2D eigenvalue weighted by Crippen LogP contribution is -1.98. The number of hydrogen-bond donors (Lipinski definition) is 0. The molecule has 0 amide bonds. The van der Waals surface area contributed by atoms with Gasteiger partial charge in [-0.1, -0.05) is 0 Å². The molecule has 0 spiro atoms. The predicted molar refractivity (Wildman–Crippen MR) is 60.2 cm³/mol. The van der Waals surface area contributed by atoms with Gasteiger partial charge in [0.25, 0.3) is 0 Å². The first-order chi connectivity index (χ1) is 7.74. The molecule has 2 rings (SSSR count). The van der Waals surface area contributed by atoms with Crippen molar-refractivity contribution >= 4 is 6.29 Å². The normalized spacial score (nSPS) is 10.1. The van der Waals surface area contributed by atoms with Crippen molar-refractivity contribution in [2.75, 3.05) is 7.11 Å². The second-order valence-corrected chi connectivity index (χ2v) is 3.49. The summed E-state index contributed by atoms with van der Waals surface area (Å²) in [4.78, 5) is 10.6. The van der Waals surface area contributed by atoms with E-state index in [1.807, 2.05) is 19.1 Å². The fourth-order valence-electron chi connectivity index (χ4n) is 1.55. The molecule has 1 aromatic heterocycles. The SMILES string of the molecule is COc1cnn(-c2ccc(C=O)cc2C)c1. The van der Waals surface area contributed by atoms with E-state index in [4.69, 9.17) is 4.74 Å². The molecule has 0 saturated heterocycles. The highest BCUT2D eigenvalue weighted by atomic mass is 16.5. The Morgan fingerprint density at radius 2 is 2.25 bits per heavy atom. The summed E-state index contributed by atoms with van der Waals surface area (Å²) in [7, 11) is 1.60. The number of aldehydes is 1. The summed E-state index contributed by atoms with van der Waals surface area (Å²) in [5.41, 5.74) is 2.60. The van der Waals surface area contributed by atoms with Gasteiger partial charge in [-0.2, -0.15) is 5.10 Å². The number of carbonyl (C=O) groups is 1. The Kier molecular flexibility index (Phi) is 2.72. The fraction of sp³-hybridized carbons (Fsp3) is 0.167. The summed E-state index contributed by atoms with van der Waals surface area (Å²) in [5, 5.41) is 4.18. The third kappa shape index (κ3) is 1.82. The molecule has 16 heavy (non-hydrogen) atoms. The molecule has 0 bridgehead atoms. The number of nitrogens with zero attached hydrogens (tertiary/aromatic N) is 2. The van der Waals surface area contributed by atoms with Gasteiger partial charge in [0.2, 0.25) is 0 Å². The van der Waals surface area contributed by atoms with Crippen LogP contribution in [-0.4, -0.2) is 23.2 Å². The number of benzene rings is 1. The van der Waals surface area contributed by atoms with Gasteiger partial charge in [0.15, 0.2) is 5.75 Å². The maximum Gasteiger partial charge on any atom is 0.157 e. The molecular formula is C12H12N2O2. The van der Waals surface area contributed by atoms with E-state index < -0.39 is 0 Å². The van der Waals surface area contributed by atoms with Crippen LogP contribution in [0.3, 0.4) is 0 Å². The van der Waals surface area contributed by atoms with Crippen molar-refractivity contribution in [2.24, 2.45) is 0 Å². The highest BCUT2D eigenvalue weighted by molar-refractivity contribution is 5.75. The molecule has 4 heteroatoms. The molecule has 1 aromatic carbocycles. The molecule has 0 aliphatic carbocycles. The summed E-state index contributed by atoms with van der Waals surface area (Å²) in [6.45, 7) is 1.94. The number of methoxy groups -OCH3 is 1. The maximum atomic E-state index is 10.6. The van der Waals surface area contributed by atoms with E-state index in [1.54, 1.807) is 30.3 Å². The molecular weight excluding hydrogens is 204 g/mol. The molecule has 2 aromatic rings. The minimum Gasteiger partial charge on any atom is -0.493 e. The average Bonchev–Trinajstić information content (AvgIpc) is 2.77. The number of aryl methyl sites for hydroxylation is 1. The summed E-state index contributed by atoms with van der Waals surface area (Å²) in [5.74, 6) is 0.707. The minimum atomic E-state index is 0.667. The second-order valence-electron chi connectivity index (χ2n) is 3.49. The first kappa shape index (κ1) is 10.4. The number of aromatic nitrogens is 2. The van der Waals surface area contributed by atoms with E-state index in [2.05, 4.69) is 5.10 Å². The van der Waals surface area contributed by atoms with Crippen LogP contribution in [0.1, 0.15) is 15.9 Å². The lowest BCUT2D eigenvalue weighted by atomic mass is 10.1. The summed E-state index contributed by atoms with van der Waals surface area (Å²) in [6, 6.07) is 5.46. The van der Waals surface area contributed by atoms with Crippen LogP contribution in [0.5, 0.6) is 5.75 Å². The predicted octanol–water partition coefficient (Wildman–Crippen LogP) is 2.00. The van der Waals surface area contributed by atoms with E-state index in [1.165, 1.54) is 0 Å². The molecule has 1 heterocycles. The Balaban J connectivity index is 2.43. The van der Waals surface area contributed by atoms with Gasteiger partial charge in [0, 0.05) is 5.56 Å². The summed E-state index contributed by atoms with van der Waals surface area (Å²) < 4.78 is 6.79. The monoisotopic (exact) mass is 216 g/mol. The third-order valence-electron chi connectivity index (χ3n) is 2.40. The number of rotatable bonds is 3. The Hall–Kier alpha value is -2.10. The summed E-state index contributed by atoms with van der Waals surface area (Å²) >= 11 is 0. The van der Waals surface area contributed by atoms with Crippen LogP contribution in [0.2, 0.25) is 0 Å². The summed E-state index contributed by atoms with van der Waals surface area (Å²) in [6.07, 6.45) is 4.27. The zero-order valence-electron chi connectivity index (χ0n) is 9.18. The van der Waals surface area contributed by atoms with Gasteiger partial charge in [0.05, 0.1) is 25.2 Å². The van der Waals surface area contributed by atoms with Crippen molar-refractivity contribution < 1.29 is 9.53 Å². The topological polar surface area (TPSA) is 44.1 Å². The fourth-order valence-corrected chi connectivity index (χ4v) is 1.55. The van der Waals surface area contributed by atoms with E-state index in [0.29, 0.717) is 11.3 Å². The van der Waals surface area contributed by atoms with E-state index >= 15 is 0 Å². The van der Waals surface area contributed by atoms with Gasteiger partial charge in [-0.15, -0.1) is 0 Å². The molecule has 0 saturated carbocycles. The Morgan fingerprint density at radius 1 is 1.44 bits per heavy atom. The number of carbonyl (C=O) groups excluding carboxylic acids is 1. The van der Waals surface area contributed by atoms with E-state index in [0.717, 1.165) is 17.5 Å². The van der Waals surface area contributed by atoms with Crippen molar-refractivity contribution in [1.29, 1.82) is 0 Å². The van der Waals surface area contributed by atoms with Crippen LogP contribution in [0.25, 0.3) is 5.69 Å². The number of hydrogen-bond acceptors (Lipinski definition) is 3. The standard InChI is InChI=1S/C12H12N2O2/c1-9-5-10(8-15)3-4-12(9)14-7-11(16-2)6-13-14/h3-8H,1-2H3. The van der Waals surface area contributed by atoms with Crippen LogP contribution < -0.4 is 4.74 Å². The highest BCUT2D eigenvalue weighted by Gasteiger charge is 2.04.